The van der Waals surface area contributed by atoms with E-state index in [9.17, 15) is 27.6 Å². The molecule has 7 nitrogen and oxygen atoms in total. The second kappa shape index (κ2) is 10.7. The zero-order chi connectivity index (χ0) is 23.1. The zero-order valence-corrected chi connectivity index (χ0v) is 17.2. The van der Waals surface area contributed by atoms with Crippen molar-refractivity contribution in [3.63, 3.8) is 0 Å². The Morgan fingerprint density at radius 3 is 2.56 bits per heavy atom. The molecule has 3 rings (SSSR count). The van der Waals surface area contributed by atoms with Gasteiger partial charge in [-0.2, -0.15) is 8.78 Å². The number of ether oxygens (including phenoxy) is 2. The lowest BCUT2D eigenvalue weighted by molar-refractivity contribution is -0.125. The first-order chi connectivity index (χ1) is 15.3. The van der Waals surface area contributed by atoms with Gasteiger partial charge in [0.15, 0.2) is 6.61 Å². The minimum Gasteiger partial charge on any atom is -0.484 e. The monoisotopic (exact) mass is 466 g/mol. The Hall–Kier alpha value is -3.47. The summed E-state index contributed by atoms with van der Waals surface area (Å²) in [6.45, 7) is -3.33. The second-order valence-corrected chi connectivity index (χ2v) is 7.37. The van der Waals surface area contributed by atoms with Crippen LogP contribution in [0.1, 0.15) is 5.56 Å². The van der Waals surface area contributed by atoms with Crippen LogP contribution in [0.3, 0.4) is 0 Å². The predicted molar refractivity (Wildman–Crippen MR) is 111 cm³/mol. The van der Waals surface area contributed by atoms with Crippen LogP contribution in [-0.4, -0.2) is 48.3 Å². The van der Waals surface area contributed by atoms with E-state index < -0.39 is 29.5 Å². The molecule has 1 aliphatic heterocycles. The van der Waals surface area contributed by atoms with Crippen LogP contribution in [0.25, 0.3) is 6.08 Å². The van der Waals surface area contributed by atoms with Gasteiger partial charge in [0, 0.05) is 19.2 Å². The van der Waals surface area contributed by atoms with Gasteiger partial charge in [0.2, 0.25) is 0 Å². The highest BCUT2D eigenvalue weighted by molar-refractivity contribution is 8.18. The number of carbonyl (C=O) groups is 3. The molecule has 2 aromatic rings. The minimum absolute atomic E-state index is 0.0102. The van der Waals surface area contributed by atoms with Crippen LogP contribution in [0.4, 0.5) is 18.0 Å². The lowest BCUT2D eigenvalue weighted by Gasteiger charge is -2.13. The van der Waals surface area contributed by atoms with Gasteiger partial charge in [-0.3, -0.25) is 19.3 Å². The topological polar surface area (TPSA) is 84.9 Å². The Balaban J connectivity index is 1.48. The van der Waals surface area contributed by atoms with Gasteiger partial charge in [-0.25, -0.2) is 4.39 Å². The highest BCUT2D eigenvalue weighted by Crippen LogP contribution is 2.32. The van der Waals surface area contributed by atoms with Crippen LogP contribution in [0.2, 0.25) is 0 Å². The van der Waals surface area contributed by atoms with E-state index in [0.717, 1.165) is 22.7 Å². The molecular formula is C21H17F3N2O5S. The summed E-state index contributed by atoms with van der Waals surface area (Å²) in [5.41, 5.74) is 0.528. The molecule has 11 heteroatoms. The van der Waals surface area contributed by atoms with Crippen molar-refractivity contribution in [3.05, 3.63) is 64.8 Å². The van der Waals surface area contributed by atoms with Crippen LogP contribution in [0, 0.1) is 5.82 Å². The SMILES string of the molecule is O=C(COc1cccc(F)c1)NCCN1C(=O)S/C(=C\c2ccc(OC(F)F)cc2)C1=O. The first-order valence-corrected chi connectivity index (χ1v) is 10.1. The number of amides is 3. The van der Waals surface area contributed by atoms with Crippen molar-refractivity contribution < 1.29 is 37.0 Å². The van der Waals surface area contributed by atoms with Gasteiger partial charge in [-0.1, -0.05) is 18.2 Å². The van der Waals surface area contributed by atoms with E-state index in [1.165, 1.54) is 48.5 Å². The third-order valence-electron chi connectivity index (χ3n) is 4.10. The van der Waals surface area contributed by atoms with Gasteiger partial charge in [-0.15, -0.1) is 0 Å². The van der Waals surface area contributed by atoms with Crippen LogP contribution in [0.15, 0.2) is 53.4 Å². The summed E-state index contributed by atoms with van der Waals surface area (Å²) < 4.78 is 46.9. The standard InChI is InChI=1S/C21H17F3N2O5S/c22-14-2-1-3-16(11-14)30-12-18(27)25-8-9-26-19(28)17(32-21(26)29)10-13-4-6-15(7-5-13)31-20(23)24/h1-7,10-11,20H,8-9,12H2,(H,25,27)/b17-10-. The third-order valence-corrected chi connectivity index (χ3v) is 5.01. The molecule has 0 radical (unpaired) electrons. The molecule has 0 bridgehead atoms. The average molecular weight is 466 g/mol. The molecule has 2 aromatic carbocycles. The third kappa shape index (κ3) is 6.51. The molecule has 1 heterocycles. The number of thioether (sulfide) groups is 1. The van der Waals surface area contributed by atoms with E-state index in [2.05, 4.69) is 10.1 Å². The van der Waals surface area contributed by atoms with E-state index in [-0.39, 0.29) is 36.1 Å². The average Bonchev–Trinajstić information content (AvgIpc) is 3.00. The number of halogens is 3. The van der Waals surface area contributed by atoms with Crippen LogP contribution in [0.5, 0.6) is 11.5 Å². The maximum Gasteiger partial charge on any atom is 0.387 e. The Morgan fingerprint density at radius 2 is 1.88 bits per heavy atom. The molecule has 1 fully saturated rings. The number of hydrogen-bond acceptors (Lipinski definition) is 6. The maximum atomic E-state index is 13.1. The zero-order valence-electron chi connectivity index (χ0n) is 16.4. The summed E-state index contributed by atoms with van der Waals surface area (Å²) in [6.07, 6.45) is 1.46. The van der Waals surface area contributed by atoms with Crippen molar-refractivity contribution >= 4 is 34.9 Å². The molecule has 0 unspecified atom stereocenters. The van der Waals surface area contributed by atoms with E-state index in [1.807, 2.05) is 0 Å². The minimum atomic E-state index is -2.94. The summed E-state index contributed by atoms with van der Waals surface area (Å²) in [4.78, 5) is 37.6. The molecule has 1 saturated heterocycles. The van der Waals surface area contributed by atoms with Crippen molar-refractivity contribution in [1.29, 1.82) is 0 Å². The van der Waals surface area contributed by atoms with Crippen molar-refractivity contribution in [2.75, 3.05) is 19.7 Å². The number of alkyl halides is 2. The Morgan fingerprint density at radius 1 is 1.12 bits per heavy atom. The summed E-state index contributed by atoms with van der Waals surface area (Å²) in [6, 6.07) is 10.9. The number of benzene rings is 2. The van der Waals surface area contributed by atoms with Crippen LogP contribution in [-0.2, 0) is 9.59 Å². The second-order valence-electron chi connectivity index (χ2n) is 6.38. The van der Waals surface area contributed by atoms with Gasteiger partial charge in [0.05, 0.1) is 4.91 Å². The number of nitrogens with one attached hydrogen (secondary N) is 1. The van der Waals surface area contributed by atoms with Gasteiger partial charge in [0.25, 0.3) is 17.1 Å². The molecule has 1 aliphatic rings. The lowest BCUT2D eigenvalue weighted by atomic mass is 10.2. The fourth-order valence-corrected chi connectivity index (χ4v) is 3.52. The maximum absolute atomic E-state index is 13.1. The van der Waals surface area contributed by atoms with Crippen molar-refractivity contribution in [1.82, 2.24) is 10.2 Å². The molecule has 0 atom stereocenters. The van der Waals surface area contributed by atoms with Gasteiger partial charge >= 0.3 is 6.61 Å². The Kier molecular flexibility index (Phi) is 7.77. The van der Waals surface area contributed by atoms with Crippen molar-refractivity contribution in [2.24, 2.45) is 0 Å². The van der Waals surface area contributed by atoms with E-state index >= 15 is 0 Å². The fraction of sp³-hybridized carbons (Fsp3) is 0.190. The smallest absolute Gasteiger partial charge is 0.387 e. The number of hydrogen-bond donors (Lipinski definition) is 1. The quantitative estimate of drug-likeness (QED) is 0.568. The van der Waals surface area contributed by atoms with Gasteiger partial charge in [0.1, 0.15) is 17.3 Å². The number of imide groups is 1. The van der Waals surface area contributed by atoms with Gasteiger partial charge < -0.3 is 14.8 Å². The largest absolute Gasteiger partial charge is 0.484 e. The molecule has 1 N–H and O–H groups in total. The number of rotatable bonds is 9. The van der Waals surface area contributed by atoms with E-state index in [4.69, 9.17) is 4.74 Å². The number of nitrogens with zero attached hydrogens (tertiary/aromatic N) is 1. The first-order valence-electron chi connectivity index (χ1n) is 9.27. The van der Waals surface area contributed by atoms with Crippen molar-refractivity contribution in [3.8, 4) is 11.5 Å². The molecular weight excluding hydrogens is 449 g/mol. The summed E-state index contributed by atoms with van der Waals surface area (Å²) in [5.74, 6) is -1.35. The first kappa shape index (κ1) is 23.2. The lowest BCUT2D eigenvalue weighted by Crippen LogP contribution is -2.38. The summed E-state index contributed by atoms with van der Waals surface area (Å²) in [7, 11) is 0. The molecule has 32 heavy (non-hydrogen) atoms. The molecule has 3 amide bonds. The van der Waals surface area contributed by atoms with Crippen LogP contribution < -0.4 is 14.8 Å². The number of carbonyl (C=O) groups excluding carboxylic acids is 3. The highest BCUT2D eigenvalue weighted by atomic mass is 32.2. The highest BCUT2D eigenvalue weighted by Gasteiger charge is 2.34. The van der Waals surface area contributed by atoms with Crippen LogP contribution >= 0.6 is 11.8 Å². The molecule has 0 saturated carbocycles. The summed E-state index contributed by atoms with van der Waals surface area (Å²) >= 11 is 0.734. The molecule has 0 aliphatic carbocycles. The Labute approximate surface area is 185 Å². The molecule has 168 valence electrons. The molecule has 0 aromatic heterocycles. The van der Waals surface area contributed by atoms with E-state index in [1.54, 1.807) is 0 Å². The summed E-state index contributed by atoms with van der Waals surface area (Å²) in [5, 5.41) is 2.02. The predicted octanol–water partition coefficient (Wildman–Crippen LogP) is 3.66. The Bertz CT molecular complexity index is 1030. The fourth-order valence-electron chi connectivity index (χ4n) is 2.65. The van der Waals surface area contributed by atoms with Gasteiger partial charge in [-0.05, 0) is 47.7 Å². The van der Waals surface area contributed by atoms with E-state index in [0.29, 0.717) is 5.56 Å². The molecule has 0 spiro atoms. The van der Waals surface area contributed by atoms with Crippen molar-refractivity contribution in [2.45, 2.75) is 6.61 Å². The normalized spacial score (nSPS) is 14.9.